The molecule has 76 valence electrons. The van der Waals surface area contributed by atoms with E-state index in [0.29, 0.717) is 0 Å². The Hall–Kier alpha value is -1.69. The molecule has 0 aliphatic carbocycles. The maximum Gasteiger partial charge on any atom is 0.328 e. The summed E-state index contributed by atoms with van der Waals surface area (Å²) in [5.74, 6) is 0. The van der Waals surface area contributed by atoms with Gasteiger partial charge in [0.15, 0.2) is 0 Å². The highest BCUT2D eigenvalue weighted by Crippen LogP contribution is 2.21. The van der Waals surface area contributed by atoms with Gasteiger partial charge in [-0.2, -0.15) is 8.75 Å². The maximum atomic E-state index is 11.7. The largest absolute Gasteiger partial charge is 0.328 e. The summed E-state index contributed by atoms with van der Waals surface area (Å²) in [5, 5.41) is 0. The first-order chi connectivity index (χ1) is 7.20. The summed E-state index contributed by atoms with van der Waals surface area (Å²) in [5.41, 5.74) is 3.35. The van der Waals surface area contributed by atoms with Crippen LogP contribution in [0.25, 0.3) is 22.1 Å². The number of imidazole rings is 1. The van der Waals surface area contributed by atoms with Crippen LogP contribution in [0.15, 0.2) is 16.9 Å². The predicted molar refractivity (Wildman–Crippen MR) is 59.1 cm³/mol. The van der Waals surface area contributed by atoms with Gasteiger partial charge in [0.1, 0.15) is 11.0 Å². The van der Waals surface area contributed by atoms with E-state index < -0.39 is 0 Å². The lowest BCUT2D eigenvalue weighted by atomic mass is 10.2. The van der Waals surface area contributed by atoms with Crippen molar-refractivity contribution in [2.75, 3.05) is 0 Å². The van der Waals surface area contributed by atoms with Gasteiger partial charge in [0.25, 0.3) is 0 Å². The van der Waals surface area contributed by atoms with Crippen molar-refractivity contribution in [3.8, 4) is 0 Å². The number of benzene rings is 1. The summed E-state index contributed by atoms with van der Waals surface area (Å²) in [6, 6.07) is 3.79. The summed E-state index contributed by atoms with van der Waals surface area (Å²) in [6.07, 6.45) is 0. The van der Waals surface area contributed by atoms with Gasteiger partial charge in [0.05, 0.1) is 22.8 Å². The molecule has 5 nitrogen and oxygen atoms in total. The first kappa shape index (κ1) is 8.60. The zero-order valence-electron chi connectivity index (χ0n) is 8.26. The van der Waals surface area contributed by atoms with E-state index in [1.165, 1.54) is 11.7 Å². The zero-order valence-corrected chi connectivity index (χ0v) is 9.08. The molecule has 0 atom stereocenters. The van der Waals surface area contributed by atoms with Crippen LogP contribution in [0.1, 0.15) is 0 Å². The minimum absolute atomic E-state index is 0.0366. The highest BCUT2D eigenvalue weighted by atomic mass is 32.1. The molecule has 0 bridgehead atoms. The Morgan fingerprint density at radius 3 is 2.80 bits per heavy atom. The van der Waals surface area contributed by atoms with Crippen LogP contribution in [0.4, 0.5) is 0 Å². The molecule has 0 amide bonds. The van der Waals surface area contributed by atoms with Gasteiger partial charge in [-0.1, -0.05) is 0 Å². The van der Waals surface area contributed by atoms with Crippen LogP contribution in [0, 0.1) is 0 Å². The third-order valence-electron chi connectivity index (χ3n) is 2.65. The maximum absolute atomic E-state index is 11.7. The Labute approximate surface area is 88.9 Å². The Morgan fingerprint density at radius 2 is 2.00 bits per heavy atom. The number of nitrogens with zero attached hydrogens (tertiary/aromatic N) is 4. The van der Waals surface area contributed by atoms with E-state index in [1.54, 1.807) is 23.2 Å². The molecule has 0 unspecified atom stereocenters. The SMILES string of the molecule is Cn1c(=O)n(C)c2c3nsnc3ccc21. The second-order valence-corrected chi connectivity index (χ2v) is 3.99. The normalized spacial score (nSPS) is 11.6. The quantitative estimate of drug-likeness (QED) is 0.565. The molecule has 0 aliphatic rings. The van der Waals surface area contributed by atoms with Crippen LogP contribution in [-0.2, 0) is 14.1 Å². The van der Waals surface area contributed by atoms with E-state index in [9.17, 15) is 4.79 Å². The molecule has 15 heavy (non-hydrogen) atoms. The Balaban J connectivity index is 2.74. The average Bonchev–Trinajstić information content (AvgIpc) is 2.78. The van der Waals surface area contributed by atoms with Crippen LogP contribution < -0.4 is 5.69 Å². The Morgan fingerprint density at radius 1 is 1.20 bits per heavy atom. The van der Waals surface area contributed by atoms with Crippen LogP contribution in [0.3, 0.4) is 0 Å². The number of hydrogen-bond donors (Lipinski definition) is 0. The summed E-state index contributed by atoms with van der Waals surface area (Å²) in [4.78, 5) is 11.7. The fourth-order valence-electron chi connectivity index (χ4n) is 1.85. The molecular weight excluding hydrogens is 212 g/mol. The van der Waals surface area contributed by atoms with E-state index >= 15 is 0 Å². The summed E-state index contributed by atoms with van der Waals surface area (Å²) in [6.45, 7) is 0. The molecule has 6 heteroatoms. The fourth-order valence-corrected chi connectivity index (χ4v) is 2.39. The third kappa shape index (κ3) is 0.940. The lowest BCUT2D eigenvalue weighted by molar-refractivity contribution is 0.795. The van der Waals surface area contributed by atoms with Crippen molar-refractivity contribution in [3.63, 3.8) is 0 Å². The summed E-state index contributed by atoms with van der Waals surface area (Å²) in [7, 11) is 3.51. The van der Waals surface area contributed by atoms with Gasteiger partial charge in [-0.25, -0.2) is 4.79 Å². The molecule has 2 aromatic heterocycles. The molecular formula is C9H8N4OS. The van der Waals surface area contributed by atoms with Gasteiger partial charge in [0, 0.05) is 14.1 Å². The van der Waals surface area contributed by atoms with Crippen molar-refractivity contribution in [2.24, 2.45) is 14.1 Å². The highest BCUT2D eigenvalue weighted by molar-refractivity contribution is 7.00. The van der Waals surface area contributed by atoms with Crippen molar-refractivity contribution in [2.45, 2.75) is 0 Å². The molecule has 0 N–H and O–H groups in total. The first-order valence-electron chi connectivity index (χ1n) is 4.47. The van der Waals surface area contributed by atoms with Gasteiger partial charge in [-0.05, 0) is 12.1 Å². The highest BCUT2D eigenvalue weighted by Gasteiger charge is 2.12. The van der Waals surface area contributed by atoms with Gasteiger partial charge >= 0.3 is 5.69 Å². The lowest BCUT2D eigenvalue weighted by Crippen LogP contribution is -2.19. The number of aromatic nitrogens is 4. The molecule has 0 saturated heterocycles. The third-order valence-corrected chi connectivity index (χ3v) is 3.19. The average molecular weight is 220 g/mol. The van der Waals surface area contributed by atoms with Gasteiger partial charge in [-0.3, -0.25) is 9.13 Å². The van der Waals surface area contributed by atoms with E-state index in [0.717, 1.165) is 22.1 Å². The number of rotatable bonds is 0. The van der Waals surface area contributed by atoms with Crippen molar-refractivity contribution >= 4 is 33.8 Å². The molecule has 0 aliphatic heterocycles. The van der Waals surface area contributed by atoms with E-state index in [2.05, 4.69) is 8.75 Å². The lowest BCUT2D eigenvalue weighted by Gasteiger charge is -1.93. The molecule has 0 spiro atoms. The van der Waals surface area contributed by atoms with Crippen LogP contribution in [0.2, 0.25) is 0 Å². The Kier molecular flexibility index (Phi) is 1.53. The summed E-state index contributed by atoms with van der Waals surface area (Å²) >= 11 is 1.17. The van der Waals surface area contributed by atoms with E-state index in [1.807, 2.05) is 12.1 Å². The van der Waals surface area contributed by atoms with Crippen molar-refractivity contribution in [3.05, 3.63) is 22.6 Å². The molecule has 0 saturated carbocycles. The van der Waals surface area contributed by atoms with Crippen molar-refractivity contribution in [1.82, 2.24) is 17.9 Å². The van der Waals surface area contributed by atoms with E-state index in [4.69, 9.17) is 0 Å². The molecule has 0 radical (unpaired) electrons. The van der Waals surface area contributed by atoms with Gasteiger partial charge < -0.3 is 0 Å². The van der Waals surface area contributed by atoms with Gasteiger partial charge in [-0.15, -0.1) is 0 Å². The number of aryl methyl sites for hydroxylation is 2. The van der Waals surface area contributed by atoms with Crippen molar-refractivity contribution in [1.29, 1.82) is 0 Å². The molecule has 3 rings (SSSR count). The number of fused-ring (bicyclic) bond motifs is 3. The van der Waals surface area contributed by atoms with Crippen molar-refractivity contribution < 1.29 is 0 Å². The molecule has 2 heterocycles. The molecule has 3 aromatic rings. The van der Waals surface area contributed by atoms with E-state index in [-0.39, 0.29) is 5.69 Å². The van der Waals surface area contributed by atoms with Crippen LogP contribution >= 0.6 is 11.7 Å². The smallest absolute Gasteiger partial charge is 0.295 e. The predicted octanol–water partition coefficient (Wildman–Crippen LogP) is 0.882. The zero-order chi connectivity index (χ0) is 10.6. The number of hydrogen-bond acceptors (Lipinski definition) is 4. The monoisotopic (exact) mass is 220 g/mol. The topological polar surface area (TPSA) is 52.7 Å². The first-order valence-corrected chi connectivity index (χ1v) is 5.20. The standard InChI is InChI=1S/C9H8N4OS/c1-12-6-4-3-5-7(11-15-10-5)8(6)13(2)9(12)14/h3-4H,1-2H3. The second kappa shape index (κ2) is 2.66. The Bertz CT molecular complexity index is 721. The molecule has 0 fully saturated rings. The minimum atomic E-state index is -0.0366. The van der Waals surface area contributed by atoms with Crippen LogP contribution in [0.5, 0.6) is 0 Å². The van der Waals surface area contributed by atoms with Gasteiger partial charge in [0.2, 0.25) is 0 Å². The fraction of sp³-hybridized carbons (Fsp3) is 0.222. The summed E-state index contributed by atoms with van der Waals surface area (Å²) < 4.78 is 11.6. The molecule has 1 aromatic carbocycles. The second-order valence-electron chi connectivity index (χ2n) is 3.47. The van der Waals surface area contributed by atoms with Crippen LogP contribution in [-0.4, -0.2) is 17.9 Å². The minimum Gasteiger partial charge on any atom is -0.295 e.